The van der Waals surface area contributed by atoms with Gasteiger partial charge in [-0.3, -0.25) is 4.79 Å². The minimum atomic E-state index is -0.0568. The highest BCUT2D eigenvalue weighted by atomic mass is 16.1. The normalized spacial score (nSPS) is 9.31. The summed E-state index contributed by atoms with van der Waals surface area (Å²) in [7, 11) is 0. The molecule has 0 amide bonds. The van der Waals surface area contributed by atoms with Crippen LogP contribution >= 0.6 is 0 Å². The summed E-state index contributed by atoms with van der Waals surface area (Å²) < 4.78 is 0. The first-order valence-electron chi connectivity index (χ1n) is 4.08. The molecule has 1 heteroatoms. The molecule has 0 saturated heterocycles. The SMILES string of the molecule is C=CC(=C)C(=O)c1cccc(C)c1. The zero-order valence-electron chi connectivity index (χ0n) is 7.71. The van der Waals surface area contributed by atoms with Crippen molar-refractivity contribution in [2.75, 3.05) is 0 Å². The molecule has 1 rings (SSSR count). The first-order valence-corrected chi connectivity index (χ1v) is 4.08. The van der Waals surface area contributed by atoms with Crippen LogP contribution < -0.4 is 0 Å². The minimum absolute atomic E-state index is 0.0568. The molecular formula is C12H12O. The lowest BCUT2D eigenvalue weighted by Crippen LogP contribution is -1.99. The number of carbonyl (C=O) groups excluding carboxylic acids is 1. The topological polar surface area (TPSA) is 17.1 Å². The van der Waals surface area contributed by atoms with Crippen molar-refractivity contribution in [2.24, 2.45) is 0 Å². The van der Waals surface area contributed by atoms with Crippen LogP contribution in [0.15, 0.2) is 49.1 Å². The highest BCUT2D eigenvalue weighted by Crippen LogP contribution is 2.09. The Kier molecular flexibility index (Phi) is 2.80. The highest BCUT2D eigenvalue weighted by Gasteiger charge is 2.06. The van der Waals surface area contributed by atoms with E-state index in [1.165, 1.54) is 6.08 Å². The molecule has 0 unspecified atom stereocenters. The Bertz CT molecular complexity index is 361. The summed E-state index contributed by atoms with van der Waals surface area (Å²) in [6.07, 6.45) is 1.48. The van der Waals surface area contributed by atoms with Gasteiger partial charge in [-0.1, -0.05) is 43.0 Å². The monoisotopic (exact) mass is 172 g/mol. The molecule has 0 aliphatic rings. The third-order valence-electron chi connectivity index (χ3n) is 1.82. The summed E-state index contributed by atoms with van der Waals surface area (Å²) in [5.41, 5.74) is 2.18. The fraction of sp³-hybridized carbons (Fsp3) is 0.0833. The fourth-order valence-electron chi connectivity index (χ4n) is 1.06. The Morgan fingerprint density at radius 3 is 2.69 bits per heavy atom. The molecule has 0 N–H and O–H groups in total. The Labute approximate surface area is 78.4 Å². The van der Waals surface area contributed by atoms with Crippen LogP contribution in [-0.4, -0.2) is 5.78 Å². The maximum atomic E-state index is 11.6. The first-order chi connectivity index (χ1) is 6.15. The third kappa shape index (κ3) is 2.15. The summed E-state index contributed by atoms with van der Waals surface area (Å²) in [5.74, 6) is -0.0568. The van der Waals surface area contributed by atoms with Gasteiger partial charge >= 0.3 is 0 Å². The van der Waals surface area contributed by atoms with Gasteiger partial charge in [0.25, 0.3) is 0 Å². The Hall–Kier alpha value is -1.63. The maximum Gasteiger partial charge on any atom is 0.192 e. The van der Waals surface area contributed by atoms with Crippen molar-refractivity contribution in [3.63, 3.8) is 0 Å². The molecule has 1 aromatic carbocycles. The predicted molar refractivity (Wildman–Crippen MR) is 54.8 cm³/mol. The van der Waals surface area contributed by atoms with Gasteiger partial charge in [-0.15, -0.1) is 0 Å². The molecule has 0 aliphatic carbocycles. The number of Topliss-reactive ketones (excluding diaryl/α,β-unsaturated/α-hetero) is 1. The third-order valence-corrected chi connectivity index (χ3v) is 1.82. The van der Waals surface area contributed by atoms with Gasteiger partial charge in [0, 0.05) is 11.1 Å². The van der Waals surface area contributed by atoms with Crippen molar-refractivity contribution >= 4 is 5.78 Å². The average molecular weight is 172 g/mol. The first kappa shape index (κ1) is 9.46. The smallest absolute Gasteiger partial charge is 0.192 e. The van der Waals surface area contributed by atoms with Crippen LogP contribution in [0, 0.1) is 6.92 Å². The summed E-state index contributed by atoms with van der Waals surface area (Å²) >= 11 is 0. The zero-order chi connectivity index (χ0) is 9.84. The van der Waals surface area contributed by atoms with Crippen LogP contribution in [0.2, 0.25) is 0 Å². The van der Waals surface area contributed by atoms with Crippen LogP contribution in [0.1, 0.15) is 15.9 Å². The summed E-state index contributed by atoms with van der Waals surface area (Å²) in [6.45, 7) is 9.07. The minimum Gasteiger partial charge on any atom is -0.289 e. The molecule has 66 valence electrons. The van der Waals surface area contributed by atoms with Crippen molar-refractivity contribution < 1.29 is 4.79 Å². The van der Waals surface area contributed by atoms with Crippen molar-refractivity contribution in [3.05, 3.63) is 60.2 Å². The number of carbonyl (C=O) groups is 1. The van der Waals surface area contributed by atoms with E-state index >= 15 is 0 Å². The second-order valence-electron chi connectivity index (χ2n) is 2.93. The van der Waals surface area contributed by atoms with Crippen molar-refractivity contribution in [1.29, 1.82) is 0 Å². The average Bonchev–Trinajstić information content (AvgIpc) is 2.15. The van der Waals surface area contributed by atoms with E-state index in [9.17, 15) is 4.79 Å². The van der Waals surface area contributed by atoms with Crippen molar-refractivity contribution in [1.82, 2.24) is 0 Å². The summed E-state index contributed by atoms with van der Waals surface area (Å²) in [4.78, 5) is 11.6. The largest absolute Gasteiger partial charge is 0.289 e. The fourth-order valence-corrected chi connectivity index (χ4v) is 1.06. The van der Waals surface area contributed by atoms with Gasteiger partial charge in [-0.2, -0.15) is 0 Å². The van der Waals surface area contributed by atoms with Gasteiger partial charge in [0.15, 0.2) is 5.78 Å². The van der Waals surface area contributed by atoms with E-state index in [0.29, 0.717) is 11.1 Å². The van der Waals surface area contributed by atoms with Crippen LogP contribution in [0.25, 0.3) is 0 Å². The van der Waals surface area contributed by atoms with Gasteiger partial charge in [-0.25, -0.2) is 0 Å². The maximum absolute atomic E-state index is 11.6. The van der Waals surface area contributed by atoms with Gasteiger partial charge < -0.3 is 0 Å². The molecule has 0 spiro atoms. The van der Waals surface area contributed by atoms with E-state index in [2.05, 4.69) is 13.2 Å². The standard InChI is InChI=1S/C12H12O/c1-4-10(3)12(13)11-7-5-6-9(2)8-11/h4-8H,1,3H2,2H3. The van der Waals surface area contributed by atoms with Crippen molar-refractivity contribution in [2.45, 2.75) is 6.92 Å². The zero-order valence-corrected chi connectivity index (χ0v) is 7.71. The van der Waals surface area contributed by atoms with E-state index in [0.717, 1.165) is 5.56 Å². The Morgan fingerprint density at radius 1 is 1.46 bits per heavy atom. The van der Waals surface area contributed by atoms with Crippen LogP contribution in [0.5, 0.6) is 0 Å². The second-order valence-corrected chi connectivity index (χ2v) is 2.93. The van der Waals surface area contributed by atoms with Crippen LogP contribution in [-0.2, 0) is 0 Å². The quantitative estimate of drug-likeness (QED) is 0.389. The molecule has 1 nitrogen and oxygen atoms in total. The molecular weight excluding hydrogens is 160 g/mol. The highest BCUT2D eigenvalue weighted by molar-refractivity contribution is 6.10. The molecule has 0 aromatic heterocycles. The lowest BCUT2D eigenvalue weighted by molar-refractivity contribution is 0.103. The molecule has 0 bridgehead atoms. The van der Waals surface area contributed by atoms with Gasteiger partial charge in [0.2, 0.25) is 0 Å². The lowest BCUT2D eigenvalue weighted by atomic mass is 10.0. The summed E-state index contributed by atoms with van der Waals surface area (Å²) in [5, 5.41) is 0. The number of benzene rings is 1. The second kappa shape index (κ2) is 3.85. The number of hydrogen-bond acceptors (Lipinski definition) is 1. The molecule has 0 heterocycles. The number of allylic oxidation sites excluding steroid dienone is 2. The molecule has 0 atom stereocenters. The van der Waals surface area contributed by atoms with Gasteiger partial charge in [0.1, 0.15) is 0 Å². The lowest BCUT2D eigenvalue weighted by Gasteiger charge is -2.00. The number of aryl methyl sites for hydroxylation is 1. The molecule has 1 aromatic rings. The van der Waals surface area contributed by atoms with Crippen LogP contribution in [0.4, 0.5) is 0 Å². The molecule has 0 saturated carbocycles. The van der Waals surface area contributed by atoms with E-state index in [1.807, 2.05) is 25.1 Å². The van der Waals surface area contributed by atoms with Gasteiger partial charge in [-0.05, 0) is 13.0 Å². The van der Waals surface area contributed by atoms with E-state index in [-0.39, 0.29) is 5.78 Å². The van der Waals surface area contributed by atoms with Crippen molar-refractivity contribution in [3.8, 4) is 0 Å². The molecule has 13 heavy (non-hydrogen) atoms. The number of rotatable bonds is 3. The Balaban J connectivity index is 3.02. The molecule has 0 fully saturated rings. The number of hydrogen-bond donors (Lipinski definition) is 0. The Morgan fingerprint density at radius 2 is 2.15 bits per heavy atom. The number of ketones is 1. The molecule has 0 aliphatic heterocycles. The van der Waals surface area contributed by atoms with Crippen LogP contribution in [0.3, 0.4) is 0 Å². The molecule has 0 radical (unpaired) electrons. The van der Waals surface area contributed by atoms with E-state index in [1.54, 1.807) is 6.07 Å². The predicted octanol–water partition coefficient (Wildman–Crippen LogP) is 2.92. The van der Waals surface area contributed by atoms with E-state index < -0.39 is 0 Å². The summed E-state index contributed by atoms with van der Waals surface area (Å²) in [6, 6.07) is 7.44. The van der Waals surface area contributed by atoms with E-state index in [4.69, 9.17) is 0 Å². The van der Waals surface area contributed by atoms with Gasteiger partial charge in [0.05, 0.1) is 0 Å².